The summed E-state index contributed by atoms with van der Waals surface area (Å²) in [6, 6.07) is 51.7. The van der Waals surface area contributed by atoms with Crippen LogP contribution in [-0.2, 0) is 0 Å². The molecule has 0 saturated carbocycles. The molecule has 6 nitrogen and oxygen atoms in total. The van der Waals surface area contributed by atoms with Gasteiger partial charge in [-0.3, -0.25) is 0 Å². The summed E-state index contributed by atoms with van der Waals surface area (Å²) in [7, 11) is 0. The zero-order valence-corrected chi connectivity index (χ0v) is 26.2. The first kappa shape index (κ1) is 26.3. The maximum absolute atomic E-state index is 4.93. The third-order valence-electron chi connectivity index (χ3n) is 9.95. The average Bonchev–Trinajstić information content (AvgIpc) is 3.85. The third-order valence-corrected chi connectivity index (χ3v) is 9.95. The maximum Gasteiger partial charge on any atom is 0.183 e. The van der Waals surface area contributed by atoms with Crippen molar-refractivity contribution >= 4 is 76.3 Å². The zero-order valence-electron chi connectivity index (χ0n) is 26.2. The number of para-hydroxylation sites is 1. The number of hydrogen-bond donors (Lipinski definition) is 0. The molecule has 228 valence electrons. The fraction of sp³-hybridized carbons (Fsp3) is 0. The van der Waals surface area contributed by atoms with Gasteiger partial charge in [0.25, 0.3) is 0 Å². The van der Waals surface area contributed by atoms with Crippen molar-refractivity contribution in [2.75, 3.05) is 0 Å². The summed E-state index contributed by atoms with van der Waals surface area (Å²) >= 11 is 0. The van der Waals surface area contributed by atoms with Crippen LogP contribution in [-0.4, -0.2) is 28.9 Å². The van der Waals surface area contributed by atoms with Gasteiger partial charge in [0, 0.05) is 43.6 Å². The van der Waals surface area contributed by atoms with Crippen LogP contribution < -0.4 is 0 Å². The Morgan fingerprint density at radius 2 is 1.00 bits per heavy atom. The molecule has 0 fully saturated rings. The summed E-state index contributed by atoms with van der Waals surface area (Å²) in [5.74, 6) is 0.657. The lowest BCUT2D eigenvalue weighted by atomic mass is 10.0. The molecule has 6 heteroatoms. The SMILES string of the molecule is c1ccc(-c2ncc3c(ncn3-n3c4c5ccccc5ccc4c4ccc5c6ccc7ccccc7c6n(-c6ccccc6)c5c43)n2)cc1. The highest BCUT2D eigenvalue weighted by Gasteiger charge is 2.24. The van der Waals surface area contributed by atoms with E-state index in [2.05, 4.69) is 129 Å². The largest absolute Gasteiger partial charge is 0.306 e. The summed E-state index contributed by atoms with van der Waals surface area (Å²) in [5, 5.41) is 9.53. The summed E-state index contributed by atoms with van der Waals surface area (Å²) in [6.07, 6.45) is 3.79. The minimum Gasteiger partial charge on any atom is -0.306 e. The second kappa shape index (κ2) is 9.86. The number of aromatic nitrogens is 6. The molecule has 0 amide bonds. The van der Waals surface area contributed by atoms with Gasteiger partial charge in [-0.2, -0.15) is 0 Å². The lowest BCUT2D eigenvalue weighted by molar-refractivity contribution is 0.738. The van der Waals surface area contributed by atoms with Gasteiger partial charge in [0.2, 0.25) is 0 Å². The van der Waals surface area contributed by atoms with Gasteiger partial charge in [0.1, 0.15) is 11.8 Å². The number of nitrogens with zero attached hydrogens (tertiary/aromatic N) is 6. The van der Waals surface area contributed by atoms with Crippen molar-refractivity contribution < 1.29 is 0 Å². The molecule has 0 aliphatic rings. The molecule has 0 saturated heterocycles. The van der Waals surface area contributed by atoms with Gasteiger partial charge in [-0.15, -0.1) is 0 Å². The molecule has 11 aromatic rings. The molecule has 0 aliphatic heterocycles. The molecule has 0 atom stereocenters. The van der Waals surface area contributed by atoms with Gasteiger partial charge in [0.15, 0.2) is 11.5 Å². The van der Waals surface area contributed by atoms with Crippen LogP contribution in [0.4, 0.5) is 0 Å². The quantitative estimate of drug-likeness (QED) is 0.196. The Kier molecular flexibility index (Phi) is 5.29. The number of fused-ring (bicyclic) bond motifs is 12. The van der Waals surface area contributed by atoms with Gasteiger partial charge in [-0.05, 0) is 22.9 Å². The van der Waals surface area contributed by atoms with Gasteiger partial charge in [-0.1, -0.05) is 133 Å². The number of rotatable bonds is 3. The summed E-state index contributed by atoms with van der Waals surface area (Å²) < 4.78 is 6.93. The molecule has 0 unspecified atom stereocenters. The normalized spacial score (nSPS) is 12.1. The summed E-state index contributed by atoms with van der Waals surface area (Å²) in [5.41, 5.74) is 8.09. The minimum atomic E-state index is 0.644. The van der Waals surface area contributed by atoms with E-state index in [1.54, 1.807) is 0 Å². The first-order valence-electron chi connectivity index (χ1n) is 16.5. The van der Waals surface area contributed by atoms with Gasteiger partial charge < -0.3 is 4.57 Å². The minimum absolute atomic E-state index is 0.644. The lowest BCUT2D eigenvalue weighted by Gasteiger charge is -2.14. The van der Waals surface area contributed by atoms with Gasteiger partial charge >= 0.3 is 0 Å². The van der Waals surface area contributed by atoms with Crippen molar-refractivity contribution in [3.8, 4) is 17.1 Å². The fourth-order valence-electron chi connectivity index (χ4n) is 7.82. The van der Waals surface area contributed by atoms with E-state index in [1.165, 1.54) is 48.6 Å². The van der Waals surface area contributed by atoms with Crippen LogP contribution in [0.25, 0.3) is 93.4 Å². The molecular weight excluding hydrogens is 601 g/mol. The molecule has 4 heterocycles. The Bertz CT molecular complexity index is 3100. The molecular formula is C43H26N6. The predicted molar refractivity (Wildman–Crippen MR) is 200 cm³/mol. The zero-order chi connectivity index (χ0) is 32.1. The summed E-state index contributed by atoms with van der Waals surface area (Å²) in [4.78, 5) is 14.7. The van der Waals surface area contributed by atoms with Crippen molar-refractivity contribution in [2.45, 2.75) is 0 Å². The van der Waals surface area contributed by atoms with E-state index < -0.39 is 0 Å². The fourth-order valence-corrected chi connectivity index (χ4v) is 7.82. The highest BCUT2D eigenvalue weighted by Crippen LogP contribution is 2.44. The van der Waals surface area contributed by atoms with Crippen molar-refractivity contribution in [2.24, 2.45) is 0 Å². The predicted octanol–water partition coefficient (Wildman–Crippen LogP) is 10.3. The molecule has 7 aromatic carbocycles. The maximum atomic E-state index is 4.93. The molecule has 11 rings (SSSR count). The first-order chi connectivity index (χ1) is 24.3. The first-order valence-corrected chi connectivity index (χ1v) is 16.5. The van der Waals surface area contributed by atoms with Crippen molar-refractivity contribution in [3.63, 3.8) is 0 Å². The van der Waals surface area contributed by atoms with E-state index in [1.807, 2.05) is 42.9 Å². The molecule has 0 N–H and O–H groups in total. The van der Waals surface area contributed by atoms with E-state index in [4.69, 9.17) is 15.0 Å². The van der Waals surface area contributed by atoms with Crippen molar-refractivity contribution in [1.29, 1.82) is 0 Å². The van der Waals surface area contributed by atoms with Crippen LogP contribution in [0.1, 0.15) is 0 Å². The molecule has 49 heavy (non-hydrogen) atoms. The Hall–Kier alpha value is -6.79. The third kappa shape index (κ3) is 3.62. The monoisotopic (exact) mass is 626 g/mol. The number of hydrogen-bond acceptors (Lipinski definition) is 3. The van der Waals surface area contributed by atoms with Gasteiger partial charge in [-0.25, -0.2) is 24.3 Å². The average molecular weight is 627 g/mol. The Morgan fingerprint density at radius 3 is 1.73 bits per heavy atom. The molecule has 0 radical (unpaired) electrons. The van der Waals surface area contributed by atoms with Gasteiger partial charge in [0.05, 0.1) is 28.3 Å². The Balaban J connectivity index is 1.37. The molecule has 0 bridgehead atoms. The number of benzene rings is 7. The van der Waals surface area contributed by atoms with E-state index in [0.717, 1.165) is 33.3 Å². The highest BCUT2D eigenvalue weighted by molar-refractivity contribution is 6.28. The molecule has 0 spiro atoms. The Morgan fingerprint density at radius 1 is 0.429 bits per heavy atom. The van der Waals surface area contributed by atoms with Crippen LogP contribution in [0.15, 0.2) is 158 Å². The summed E-state index contributed by atoms with van der Waals surface area (Å²) in [6.45, 7) is 0. The molecule has 4 aromatic heterocycles. The standard InChI is InChI=1S/C43H26N6/c1-3-13-29(14-4-1)42-44-25-37-43(46-42)45-26-47(37)49-39-32-18-10-8-12-28(32)20-22-34(39)36-24-23-35-33-21-19-27-11-7-9-17-31(27)38(33)48(40(35)41(36)49)30-15-5-2-6-16-30/h1-26H. The smallest absolute Gasteiger partial charge is 0.183 e. The van der Waals surface area contributed by atoms with Crippen LogP contribution in [0.5, 0.6) is 0 Å². The van der Waals surface area contributed by atoms with Crippen LogP contribution >= 0.6 is 0 Å². The molecule has 0 aliphatic carbocycles. The van der Waals surface area contributed by atoms with Crippen LogP contribution in [0.3, 0.4) is 0 Å². The van der Waals surface area contributed by atoms with Crippen LogP contribution in [0.2, 0.25) is 0 Å². The lowest BCUT2D eigenvalue weighted by Crippen LogP contribution is -2.09. The van der Waals surface area contributed by atoms with E-state index >= 15 is 0 Å². The van der Waals surface area contributed by atoms with Crippen LogP contribution in [0, 0.1) is 0 Å². The Labute approximate surface area is 279 Å². The van der Waals surface area contributed by atoms with Crippen molar-refractivity contribution in [1.82, 2.24) is 28.9 Å². The highest BCUT2D eigenvalue weighted by atomic mass is 15.5. The topological polar surface area (TPSA) is 53.5 Å². The van der Waals surface area contributed by atoms with E-state index in [9.17, 15) is 0 Å². The van der Waals surface area contributed by atoms with Crippen molar-refractivity contribution in [3.05, 3.63) is 158 Å². The second-order valence-corrected chi connectivity index (χ2v) is 12.6. The van der Waals surface area contributed by atoms with E-state index in [-0.39, 0.29) is 0 Å². The van der Waals surface area contributed by atoms with E-state index in [0.29, 0.717) is 11.5 Å². The second-order valence-electron chi connectivity index (χ2n) is 12.6. The number of imidazole rings is 1.